The van der Waals surface area contributed by atoms with Gasteiger partial charge in [-0.25, -0.2) is 4.79 Å². The topological polar surface area (TPSA) is 64.6 Å². The third-order valence-electron chi connectivity index (χ3n) is 5.23. The molecule has 4 rings (SSSR count). The van der Waals surface area contributed by atoms with Gasteiger partial charge in [-0.2, -0.15) is 12.6 Å². The van der Waals surface area contributed by atoms with Gasteiger partial charge in [0.15, 0.2) is 0 Å². The van der Waals surface area contributed by atoms with Gasteiger partial charge < -0.3 is 14.8 Å². The smallest absolute Gasteiger partial charge is 0.408 e. The van der Waals surface area contributed by atoms with E-state index >= 15 is 0 Å². The number of nitrogens with one attached hydrogen (secondary N) is 1. The monoisotopic (exact) mass is 341 g/mol. The molecule has 4 bridgehead atoms. The summed E-state index contributed by atoms with van der Waals surface area (Å²) in [6.07, 6.45) is 5.27. The average Bonchev–Trinajstić information content (AvgIpc) is 2.32. The summed E-state index contributed by atoms with van der Waals surface area (Å²) >= 11 is 4.02. The van der Waals surface area contributed by atoms with Crippen LogP contribution < -0.4 is 5.32 Å². The zero-order valence-electron chi connectivity index (χ0n) is 14.2. The summed E-state index contributed by atoms with van der Waals surface area (Å²) in [6, 6.07) is 0. The van der Waals surface area contributed by atoms with Crippen LogP contribution in [0.5, 0.6) is 0 Å². The Balaban J connectivity index is 1.75. The highest BCUT2D eigenvalue weighted by molar-refractivity contribution is 7.81. The van der Waals surface area contributed by atoms with Crippen LogP contribution in [0.15, 0.2) is 0 Å². The lowest BCUT2D eigenvalue weighted by Gasteiger charge is -2.61. The van der Waals surface area contributed by atoms with E-state index in [0.717, 1.165) is 25.7 Å². The summed E-state index contributed by atoms with van der Waals surface area (Å²) in [5.74, 6) is 0.865. The van der Waals surface area contributed by atoms with Gasteiger partial charge in [0.25, 0.3) is 0 Å². The van der Waals surface area contributed by atoms with Gasteiger partial charge in [0.1, 0.15) is 11.2 Å². The molecule has 2 atom stereocenters. The van der Waals surface area contributed by atoms with Gasteiger partial charge in [0.2, 0.25) is 0 Å². The fraction of sp³-hybridized carbons (Fsp3) is 0.882. The van der Waals surface area contributed by atoms with Gasteiger partial charge in [0.05, 0.1) is 5.75 Å². The minimum absolute atomic E-state index is 0.101. The minimum atomic E-state index is -0.511. The molecule has 1 amide bonds. The second kappa shape index (κ2) is 5.57. The van der Waals surface area contributed by atoms with E-state index in [2.05, 4.69) is 17.9 Å². The van der Waals surface area contributed by atoms with Crippen molar-refractivity contribution in [1.82, 2.24) is 5.32 Å². The Bertz CT molecular complexity index is 499. The summed E-state index contributed by atoms with van der Waals surface area (Å²) in [4.78, 5) is 24.1. The zero-order valence-corrected chi connectivity index (χ0v) is 15.1. The van der Waals surface area contributed by atoms with Crippen LogP contribution in [-0.2, 0) is 14.3 Å². The summed E-state index contributed by atoms with van der Waals surface area (Å²) < 4.78 is 11.2. The molecule has 5 nitrogen and oxygen atoms in total. The molecule has 4 aliphatic carbocycles. The van der Waals surface area contributed by atoms with Crippen LogP contribution in [0.4, 0.5) is 4.79 Å². The molecule has 1 N–H and O–H groups in total. The predicted molar refractivity (Wildman–Crippen MR) is 89.5 cm³/mol. The number of hydrogen-bond acceptors (Lipinski definition) is 5. The van der Waals surface area contributed by atoms with Crippen molar-refractivity contribution in [3.63, 3.8) is 0 Å². The molecule has 4 saturated carbocycles. The number of amides is 1. The van der Waals surface area contributed by atoms with Gasteiger partial charge in [0, 0.05) is 12.0 Å². The van der Waals surface area contributed by atoms with Gasteiger partial charge in [-0.1, -0.05) is 0 Å². The molecule has 0 aromatic rings. The van der Waals surface area contributed by atoms with E-state index in [1.54, 1.807) is 0 Å². The first kappa shape index (κ1) is 16.9. The fourth-order valence-corrected chi connectivity index (χ4v) is 5.30. The second-order valence-electron chi connectivity index (χ2n) is 8.68. The van der Waals surface area contributed by atoms with E-state index in [1.807, 2.05) is 20.8 Å². The maximum atomic E-state index is 12.3. The second-order valence-corrected chi connectivity index (χ2v) is 9.00. The van der Waals surface area contributed by atoms with Crippen molar-refractivity contribution in [2.24, 2.45) is 11.8 Å². The van der Waals surface area contributed by atoms with Crippen LogP contribution in [0.1, 0.15) is 59.3 Å². The van der Waals surface area contributed by atoms with Crippen LogP contribution in [0.25, 0.3) is 0 Å². The molecule has 0 aromatic carbocycles. The van der Waals surface area contributed by atoms with Crippen molar-refractivity contribution >= 4 is 24.7 Å². The van der Waals surface area contributed by atoms with Crippen LogP contribution in [0.2, 0.25) is 0 Å². The van der Waals surface area contributed by atoms with Crippen LogP contribution in [-0.4, -0.2) is 34.6 Å². The number of esters is 1. The largest absolute Gasteiger partial charge is 0.458 e. The molecule has 2 unspecified atom stereocenters. The van der Waals surface area contributed by atoms with Crippen LogP contribution in [0.3, 0.4) is 0 Å². The summed E-state index contributed by atoms with van der Waals surface area (Å²) in [6.45, 7) is 5.59. The van der Waals surface area contributed by atoms with Crippen molar-refractivity contribution < 1.29 is 19.1 Å². The van der Waals surface area contributed by atoms with E-state index in [4.69, 9.17) is 9.47 Å². The van der Waals surface area contributed by atoms with Gasteiger partial charge in [-0.05, 0) is 64.7 Å². The van der Waals surface area contributed by atoms with E-state index in [1.165, 1.54) is 6.42 Å². The number of thiol groups is 1. The molecule has 0 spiro atoms. The van der Waals surface area contributed by atoms with Crippen molar-refractivity contribution in [2.45, 2.75) is 76.0 Å². The fourth-order valence-electron chi connectivity index (χ4n) is 5.24. The third kappa shape index (κ3) is 3.62. The molecule has 0 saturated heterocycles. The SMILES string of the molecule is CC(C)(C)OC(=O)NC12CC3CC(C1)CC(OC(=O)CS)(C3)C2. The lowest BCUT2D eigenvalue weighted by Crippen LogP contribution is -2.66. The Morgan fingerprint density at radius 3 is 2.30 bits per heavy atom. The van der Waals surface area contributed by atoms with E-state index in [-0.39, 0.29) is 23.4 Å². The number of carbonyl (C=O) groups is 2. The molecule has 0 aromatic heterocycles. The summed E-state index contributed by atoms with van der Waals surface area (Å²) in [5.41, 5.74) is -1.22. The maximum Gasteiger partial charge on any atom is 0.408 e. The van der Waals surface area contributed by atoms with Crippen LogP contribution >= 0.6 is 12.6 Å². The highest BCUT2D eigenvalue weighted by atomic mass is 32.1. The molecule has 0 aliphatic heterocycles. The van der Waals surface area contributed by atoms with Gasteiger partial charge in [-0.15, -0.1) is 0 Å². The van der Waals surface area contributed by atoms with Crippen molar-refractivity contribution in [3.8, 4) is 0 Å². The predicted octanol–water partition coefficient (Wildman–Crippen LogP) is 3.08. The first-order valence-electron chi connectivity index (χ1n) is 8.47. The van der Waals surface area contributed by atoms with E-state index < -0.39 is 11.2 Å². The zero-order chi connectivity index (χ0) is 16.9. The standard InChI is InChI=1S/C17H27NO4S/c1-15(2,3)22-14(20)18-16-5-11-4-12(6-16)8-17(7-11,10-16)21-13(19)9-23/h11-12,23H,4-10H2,1-3H3,(H,18,20). The van der Waals surface area contributed by atoms with Gasteiger partial charge in [-0.3, -0.25) is 4.79 Å². The lowest BCUT2D eigenvalue weighted by atomic mass is 9.51. The summed E-state index contributed by atoms with van der Waals surface area (Å²) in [7, 11) is 0. The molecule has 6 heteroatoms. The van der Waals surface area contributed by atoms with Crippen molar-refractivity contribution in [1.29, 1.82) is 0 Å². The normalized spacial score (nSPS) is 38.3. The molecular formula is C17H27NO4S. The molecule has 23 heavy (non-hydrogen) atoms. The average molecular weight is 341 g/mol. The molecule has 4 aliphatic rings. The van der Waals surface area contributed by atoms with E-state index in [9.17, 15) is 9.59 Å². The molecular weight excluding hydrogens is 314 g/mol. The first-order valence-corrected chi connectivity index (χ1v) is 9.10. The highest BCUT2D eigenvalue weighted by Crippen LogP contribution is 2.59. The number of hydrogen-bond donors (Lipinski definition) is 2. The number of ether oxygens (including phenoxy) is 2. The number of alkyl carbamates (subject to hydrolysis) is 1. The molecule has 0 heterocycles. The Hall–Kier alpha value is -0.910. The Morgan fingerprint density at radius 1 is 1.17 bits per heavy atom. The Morgan fingerprint density at radius 2 is 1.78 bits per heavy atom. The number of rotatable bonds is 3. The first-order chi connectivity index (χ1) is 10.6. The lowest BCUT2D eigenvalue weighted by molar-refractivity contribution is -0.188. The number of carbonyl (C=O) groups excluding carboxylic acids is 2. The Kier molecular flexibility index (Phi) is 4.10. The minimum Gasteiger partial charge on any atom is -0.458 e. The quantitative estimate of drug-likeness (QED) is 0.612. The maximum absolute atomic E-state index is 12.3. The summed E-state index contributed by atoms with van der Waals surface area (Å²) in [5, 5.41) is 3.13. The Labute approximate surface area is 143 Å². The molecule has 130 valence electrons. The molecule has 4 fully saturated rings. The van der Waals surface area contributed by atoms with Crippen molar-refractivity contribution in [3.05, 3.63) is 0 Å². The van der Waals surface area contributed by atoms with Gasteiger partial charge >= 0.3 is 12.1 Å². The highest BCUT2D eigenvalue weighted by Gasteiger charge is 2.60. The van der Waals surface area contributed by atoms with E-state index in [0.29, 0.717) is 18.3 Å². The van der Waals surface area contributed by atoms with Crippen LogP contribution in [0, 0.1) is 11.8 Å². The van der Waals surface area contributed by atoms with Crippen molar-refractivity contribution in [2.75, 3.05) is 5.75 Å². The third-order valence-corrected chi connectivity index (χ3v) is 5.49. The molecule has 0 radical (unpaired) electrons.